The summed E-state index contributed by atoms with van der Waals surface area (Å²) in [4.78, 5) is 10.0. The first kappa shape index (κ1) is 37.1. The normalized spacial score (nSPS) is 7.61. The molecular formula is C20H18MoO6P. The molecule has 6 nitrogen and oxygen atoms in total. The molecule has 0 fully saturated rings. The molecule has 1 N–H and O–H groups in total. The van der Waals surface area contributed by atoms with E-state index in [1.807, 2.05) is 19.1 Å². The number of rotatable bonds is 2. The average Bonchev–Trinajstić information content (AvgIpc) is 2.75. The Morgan fingerprint density at radius 2 is 0.929 bits per heavy atom. The van der Waals surface area contributed by atoms with Gasteiger partial charge in [0.1, 0.15) is 0 Å². The van der Waals surface area contributed by atoms with Crippen molar-refractivity contribution in [2.75, 3.05) is 0 Å². The van der Waals surface area contributed by atoms with Crippen LogP contribution in [0.5, 0.6) is 0 Å². The van der Waals surface area contributed by atoms with Gasteiger partial charge in [0.2, 0.25) is 0 Å². The number of hydrogen-bond donors (Lipinski definition) is 1. The SMILES string of the molecule is O=P(O)(c1ccccc1)c1ccccc1.[C-]#[O+].[C-]#[O+].[C-]#[O+].[C-]#[O+].[CH2][C]([CH2])C.[Mo]. The molecule has 28 heavy (non-hydrogen) atoms. The van der Waals surface area contributed by atoms with Crippen molar-refractivity contribution in [1.82, 2.24) is 0 Å². The van der Waals surface area contributed by atoms with Crippen LogP contribution in [0, 0.1) is 46.4 Å². The molecule has 0 atom stereocenters. The molecule has 2 aromatic rings. The van der Waals surface area contributed by atoms with E-state index in [-0.39, 0.29) is 21.1 Å². The van der Waals surface area contributed by atoms with Crippen LogP contribution in [0.2, 0.25) is 0 Å². The van der Waals surface area contributed by atoms with Gasteiger partial charge < -0.3 is 4.89 Å². The van der Waals surface area contributed by atoms with Crippen molar-refractivity contribution in [2.45, 2.75) is 6.92 Å². The van der Waals surface area contributed by atoms with E-state index in [4.69, 9.17) is 18.6 Å². The molecular weight excluding hydrogens is 463 g/mol. The Morgan fingerprint density at radius 3 is 1.11 bits per heavy atom. The Hall–Kier alpha value is -1.72. The maximum Gasteiger partial charge on any atom is 0 e. The second-order valence-corrected chi connectivity index (χ2v) is 6.39. The maximum atomic E-state index is 12.2. The third kappa shape index (κ3) is 19.1. The van der Waals surface area contributed by atoms with Crippen LogP contribution in [-0.4, -0.2) is 4.89 Å². The van der Waals surface area contributed by atoms with Crippen LogP contribution in [0.3, 0.4) is 0 Å². The molecule has 0 bridgehead atoms. The summed E-state index contributed by atoms with van der Waals surface area (Å²) in [5, 5.41) is 0.937. The molecule has 0 aromatic heterocycles. The third-order valence-corrected chi connectivity index (χ3v) is 4.21. The standard InChI is InChI=1S/C12H11O2P.C4H7.4CO.Mo/c13-15(14,11-7-3-1-4-8-11)12-9-5-2-6-10-12;1-4(2)3;4*1-2;/h1-10H,(H,13,14);1-2H2,3H3;;;;;. The minimum Gasteiger partial charge on any atom is -0.0591 e. The molecule has 0 aliphatic carbocycles. The molecule has 3 radical (unpaired) electrons. The predicted octanol–water partition coefficient (Wildman–Crippen LogP) is 3.00. The Balaban J connectivity index is -0.000000116. The van der Waals surface area contributed by atoms with Crippen LogP contribution in [0.4, 0.5) is 0 Å². The summed E-state index contributed by atoms with van der Waals surface area (Å²) < 4.78 is 42.2. The molecule has 8 heteroatoms. The first-order chi connectivity index (χ1) is 12.9. The minimum atomic E-state index is -3.40. The van der Waals surface area contributed by atoms with E-state index in [9.17, 15) is 9.46 Å². The molecule has 0 saturated heterocycles. The van der Waals surface area contributed by atoms with E-state index in [1.54, 1.807) is 48.5 Å². The van der Waals surface area contributed by atoms with Gasteiger partial charge in [-0.05, 0) is 44.0 Å². The fraction of sp³-hybridized carbons (Fsp3) is 0.0500. The molecule has 0 saturated carbocycles. The van der Waals surface area contributed by atoms with Gasteiger partial charge in [0.25, 0.3) is 7.37 Å². The Labute approximate surface area is 181 Å². The predicted molar refractivity (Wildman–Crippen MR) is 97.3 cm³/mol. The van der Waals surface area contributed by atoms with Gasteiger partial charge in [-0.15, -0.1) is 0 Å². The quantitative estimate of drug-likeness (QED) is 0.307. The number of benzene rings is 2. The second-order valence-electron chi connectivity index (χ2n) is 4.20. The van der Waals surface area contributed by atoms with Crippen LogP contribution < -0.4 is 10.6 Å². The van der Waals surface area contributed by atoms with Gasteiger partial charge >= 0.3 is 45.2 Å². The van der Waals surface area contributed by atoms with Crippen molar-refractivity contribution in [3.05, 3.63) is 107 Å². The van der Waals surface area contributed by atoms with E-state index in [2.05, 4.69) is 40.4 Å². The van der Waals surface area contributed by atoms with Crippen LogP contribution in [-0.2, 0) is 44.2 Å². The molecule has 0 amide bonds. The Bertz CT molecular complexity index is 624. The van der Waals surface area contributed by atoms with Gasteiger partial charge in [0.05, 0.1) is 0 Å². The first-order valence-electron chi connectivity index (χ1n) is 6.67. The smallest absolute Gasteiger partial charge is 0 e. The van der Waals surface area contributed by atoms with E-state index < -0.39 is 7.37 Å². The van der Waals surface area contributed by atoms with Gasteiger partial charge in [-0.2, -0.15) is 0 Å². The van der Waals surface area contributed by atoms with Crippen LogP contribution >= 0.6 is 7.37 Å². The molecule has 0 aliphatic rings. The van der Waals surface area contributed by atoms with E-state index in [0.29, 0.717) is 10.6 Å². The Kier molecular flexibility index (Phi) is 36.4. The topological polar surface area (TPSA) is 117 Å². The zero-order valence-corrected chi connectivity index (χ0v) is 17.9. The summed E-state index contributed by atoms with van der Waals surface area (Å²) in [5.74, 6) is 0.917. The monoisotopic (exact) mass is 483 g/mol. The number of hydrogen-bond acceptors (Lipinski definition) is 1. The van der Waals surface area contributed by atoms with Crippen molar-refractivity contribution < 1.29 is 49.1 Å². The zero-order chi connectivity index (χ0) is 22.3. The van der Waals surface area contributed by atoms with Gasteiger partial charge in [-0.3, -0.25) is 4.57 Å². The van der Waals surface area contributed by atoms with Crippen LogP contribution in [0.1, 0.15) is 6.92 Å². The van der Waals surface area contributed by atoms with E-state index in [0.717, 1.165) is 5.92 Å². The minimum absolute atomic E-state index is 0. The summed E-state index contributed by atoms with van der Waals surface area (Å²) in [6.07, 6.45) is 0. The Morgan fingerprint density at radius 1 is 0.750 bits per heavy atom. The van der Waals surface area contributed by atoms with Gasteiger partial charge in [-0.25, -0.2) is 0 Å². The third-order valence-electron chi connectivity index (χ3n) is 2.21. The van der Waals surface area contributed by atoms with Gasteiger partial charge in [0.15, 0.2) is 0 Å². The molecule has 0 aliphatic heterocycles. The molecule has 0 heterocycles. The largest absolute Gasteiger partial charge is 0.0591 e. The van der Waals surface area contributed by atoms with Crippen molar-refractivity contribution in [2.24, 2.45) is 0 Å². The average molecular weight is 481 g/mol. The molecule has 0 spiro atoms. The van der Waals surface area contributed by atoms with E-state index >= 15 is 0 Å². The van der Waals surface area contributed by atoms with Gasteiger partial charge in [-0.1, -0.05) is 43.3 Å². The molecule has 2 aromatic carbocycles. The fourth-order valence-electron chi connectivity index (χ4n) is 1.41. The summed E-state index contributed by atoms with van der Waals surface area (Å²) >= 11 is 0. The fourth-order valence-corrected chi connectivity index (χ4v) is 2.86. The molecule has 2 rings (SSSR count). The summed E-state index contributed by atoms with van der Waals surface area (Å²) in [6, 6.07) is 17.4. The molecule has 0 unspecified atom stereocenters. The summed E-state index contributed by atoms with van der Waals surface area (Å²) in [7, 11) is -3.40. The first-order valence-corrected chi connectivity index (χ1v) is 8.33. The van der Waals surface area contributed by atoms with Crippen LogP contribution in [0.15, 0.2) is 60.7 Å². The van der Waals surface area contributed by atoms with Crippen molar-refractivity contribution in [3.63, 3.8) is 0 Å². The van der Waals surface area contributed by atoms with Crippen molar-refractivity contribution in [1.29, 1.82) is 0 Å². The van der Waals surface area contributed by atoms with Crippen LogP contribution in [0.25, 0.3) is 0 Å². The van der Waals surface area contributed by atoms with E-state index in [1.165, 1.54) is 0 Å². The van der Waals surface area contributed by atoms with Crippen molar-refractivity contribution in [3.8, 4) is 0 Å². The maximum absolute atomic E-state index is 12.2. The summed E-state index contributed by atoms with van der Waals surface area (Å²) in [5.41, 5.74) is 0. The molecule has 145 valence electrons. The second kappa shape index (κ2) is 27.5. The van der Waals surface area contributed by atoms with Crippen molar-refractivity contribution >= 4 is 18.0 Å². The van der Waals surface area contributed by atoms with Gasteiger partial charge in [0, 0.05) is 31.7 Å². The zero-order valence-electron chi connectivity index (χ0n) is 15.0. The summed E-state index contributed by atoms with van der Waals surface area (Å²) in [6.45, 7) is 26.7.